The number of rotatable bonds is 6. The van der Waals surface area contributed by atoms with Crippen LogP contribution in [0.3, 0.4) is 0 Å². The van der Waals surface area contributed by atoms with E-state index in [0.717, 1.165) is 32.1 Å². The number of benzene rings is 2. The molecule has 3 aromatic rings. The van der Waals surface area contributed by atoms with Crippen molar-refractivity contribution in [3.63, 3.8) is 0 Å². The molecule has 2 atom stereocenters. The zero-order valence-electron chi connectivity index (χ0n) is 19.2. The second kappa shape index (κ2) is 10.2. The zero-order chi connectivity index (χ0) is 24.2. The molecule has 0 saturated heterocycles. The third-order valence-corrected chi connectivity index (χ3v) is 6.40. The van der Waals surface area contributed by atoms with Gasteiger partial charge in [0.2, 0.25) is 6.10 Å². The number of hydrogen-bond acceptors (Lipinski definition) is 5. The van der Waals surface area contributed by atoms with Crippen LogP contribution in [0.1, 0.15) is 43.9 Å². The summed E-state index contributed by atoms with van der Waals surface area (Å²) in [5.41, 5.74) is 0.346. The van der Waals surface area contributed by atoms with Gasteiger partial charge < -0.3 is 19.2 Å². The summed E-state index contributed by atoms with van der Waals surface area (Å²) in [6, 6.07) is 14.8. The number of nitrogens with one attached hydrogen (secondary N) is 1. The SMILES string of the molecule is O=C(NC1CCCCC1)[C@@H](c1ccco1)N(C(=O)[C@H]1COc2ccccc2O1)c1ccc(F)cc1. The molecular weight excluding hydrogens is 451 g/mol. The van der Waals surface area contributed by atoms with Crippen LogP contribution in [0.4, 0.5) is 10.1 Å². The van der Waals surface area contributed by atoms with Crippen LogP contribution in [0.5, 0.6) is 11.5 Å². The average molecular weight is 479 g/mol. The van der Waals surface area contributed by atoms with Crippen LogP contribution in [-0.2, 0) is 9.59 Å². The van der Waals surface area contributed by atoms with Crippen LogP contribution in [-0.4, -0.2) is 30.6 Å². The van der Waals surface area contributed by atoms with Crippen LogP contribution >= 0.6 is 0 Å². The number of fused-ring (bicyclic) bond motifs is 1. The first-order valence-corrected chi connectivity index (χ1v) is 11.9. The quantitative estimate of drug-likeness (QED) is 0.551. The molecule has 1 aliphatic carbocycles. The molecule has 2 amide bonds. The van der Waals surface area contributed by atoms with Gasteiger partial charge in [0, 0.05) is 11.7 Å². The molecule has 182 valence electrons. The number of anilines is 1. The standard InChI is InChI=1S/C27H27FN2O5/c28-18-12-14-20(15-13-18)30(27(32)24-17-34-21-9-4-5-10-22(21)35-24)25(23-11-6-16-33-23)26(31)29-19-7-2-1-3-8-19/h4-6,9-16,19,24-25H,1-3,7-8,17H2,(H,29,31)/t24-,25-/m1/s1. The predicted molar refractivity (Wildman–Crippen MR) is 127 cm³/mol. The van der Waals surface area contributed by atoms with Gasteiger partial charge in [0.25, 0.3) is 11.8 Å². The number of carbonyl (C=O) groups is 2. The number of nitrogens with zero attached hydrogens (tertiary/aromatic N) is 1. The molecule has 1 fully saturated rings. The molecule has 2 aromatic carbocycles. The lowest BCUT2D eigenvalue weighted by Gasteiger charge is -2.35. The van der Waals surface area contributed by atoms with Crippen molar-refractivity contribution in [3.05, 3.63) is 78.5 Å². The van der Waals surface area contributed by atoms with E-state index >= 15 is 0 Å². The normalized spacial score (nSPS) is 18.5. The Kier molecular flexibility index (Phi) is 6.70. The second-order valence-electron chi connectivity index (χ2n) is 8.81. The van der Waals surface area contributed by atoms with E-state index in [0.29, 0.717) is 22.9 Å². The number of furan rings is 1. The summed E-state index contributed by atoms with van der Waals surface area (Å²) in [6.07, 6.45) is 5.46. The van der Waals surface area contributed by atoms with E-state index in [1.807, 2.05) is 6.07 Å². The first-order valence-electron chi connectivity index (χ1n) is 11.9. The maximum absolute atomic E-state index is 13.9. The third-order valence-electron chi connectivity index (χ3n) is 6.40. The number of para-hydroxylation sites is 2. The van der Waals surface area contributed by atoms with E-state index < -0.39 is 23.9 Å². The van der Waals surface area contributed by atoms with Gasteiger partial charge in [-0.1, -0.05) is 31.4 Å². The van der Waals surface area contributed by atoms with Gasteiger partial charge in [-0.05, 0) is 61.4 Å². The highest BCUT2D eigenvalue weighted by atomic mass is 19.1. The Morgan fingerprint density at radius 3 is 2.40 bits per heavy atom. The number of amides is 2. The lowest BCUT2D eigenvalue weighted by atomic mass is 9.95. The molecule has 35 heavy (non-hydrogen) atoms. The maximum atomic E-state index is 13.9. The lowest BCUT2D eigenvalue weighted by molar-refractivity contribution is -0.132. The van der Waals surface area contributed by atoms with Crippen molar-refractivity contribution >= 4 is 17.5 Å². The minimum Gasteiger partial charge on any atom is -0.485 e. The molecule has 5 rings (SSSR count). The Bertz CT molecular complexity index is 1160. The predicted octanol–water partition coefficient (Wildman–Crippen LogP) is 4.78. The lowest BCUT2D eigenvalue weighted by Crippen LogP contribution is -2.52. The number of carbonyl (C=O) groups excluding carboxylic acids is 2. The van der Waals surface area contributed by atoms with Gasteiger partial charge in [-0.3, -0.25) is 14.5 Å². The Balaban J connectivity index is 1.50. The topological polar surface area (TPSA) is 81.0 Å². The molecule has 1 saturated carbocycles. The molecule has 2 heterocycles. The Labute approximate surface area is 202 Å². The Hall–Kier alpha value is -3.81. The molecule has 0 unspecified atom stereocenters. The van der Waals surface area contributed by atoms with Crippen molar-refractivity contribution in [2.75, 3.05) is 11.5 Å². The van der Waals surface area contributed by atoms with E-state index in [-0.39, 0.29) is 18.6 Å². The summed E-state index contributed by atoms with van der Waals surface area (Å²) >= 11 is 0. The molecule has 0 radical (unpaired) electrons. The van der Waals surface area contributed by atoms with Crippen molar-refractivity contribution < 1.29 is 27.9 Å². The molecule has 0 spiro atoms. The maximum Gasteiger partial charge on any atom is 0.272 e. The molecule has 1 aromatic heterocycles. The highest BCUT2D eigenvalue weighted by Gasteiger charge is 2.41. The van der Waals surface area contributed by atoms with Crippen molar-refractivity contribution in [1.82, 2.24) is 5.32 Å². The molecule has 0 bridgehead atoms. The molecular formula is C27H27FN2O5. The first-order chi connectivity index (χ1) is 17.1. The third kappa shape index (κ3) is 5.01. The van der Waals surface area contributed by atoms with Gasteiger partial charge in [-0.25, -0.2) is 4.39 Å². The van der Waals surface area contributed by atoms with Crippen LogP contribution in [0.25, 0.3) is 0 Å². The largest absolute Gasteiger partial charge is 0.485 e. The van der Waals surface area contributed by atoms with Crippen molar-refractivity contribution in [2.45, 2.75) is 50.3 Å². The van der Waals surface area contributed by atoms with Crippen LogP contribution in [0.15, 0.2) is 71.3 Å². The number of halogens is 1. The molecule has 8 heteroatoms. The minimum atomic E-state index is -1.11. The summed E-state index contributed by atoms with van der Waals surface area (Å²) in [5.74, 6) is -0.0190. The average Bonchev–Trinajstić information content (AvgIpc) is 3.42. The van der Waals surface area contributed by atoms with Crippen LogP contribution in [0.2, 0.25) is 0 Å². The summed E-state index contributed by atoms with van der Waals surface area (Å²) in [4.78, 5) is 28.9. The van der Waals surface area contributed by atoms with Crippen molar-refractivity contribution in [2.24, 2.45) is 0 Å². The number of hydrogen-bond donors (Lipinski definition) is 1. The van der Waals surface area contributed by atoms with Crippen molar-refractivity contribution in [1.29, 1.82) is 0 Å². The van der Waals surface area contributed by atoms with E-state index in [9.17, 15) is 14.0 Å². The number of ether oxygens (including phenoxy) is 2. The molecule has 2 aliphatic rings. The smallest absolute Gasteiger partial charge is 0.272 e. The van der Waals surface area contributed by atoms with Gasteiger partial charge in [0.15, 0.2) is 17.5 Å². The van der Waals surface area contributed by atoms with E-state index in [1.165, 1.54) is 35.4 Å². The summed E-state index contributed by atoms with van der Waals surface area (Å²) < 4.78 is 31.1. The van der Waals surface area contributed by atoms with Gasteiger partial charge >= 0.3 is 0 Å². The minimum absolute atomic E-state index is 0.0251. The fourth-order valence-corrected chi connectivity index (χ4v) is 4.65. The summed E-state index contributed by atoms with van der Waals surface area (Å²) in [6.45, 7) is -0.0251. The van der Waals surface area contributed by atoms with E-state index in [1.54, 1.807) is 30.3 Å². The highest BCUT2D eigenvalue weighted by Crippen LogP contribution is 2.34. The summed E-state index contributed by atoms with van der Waals surface area (Å²) in [5, 5.41) is 3.10. The highest BCUT2D eigenvalue weighted by molar-refractivity contribution is 6.03. The van der Waals surface area contributed by atoms with Gasteiger partial charge in [-0.15, -0.1) is 0 Å². The fraction of sp³-hybridized carbons (Fsp3) is 0.333. The Morgan fingerprint density at radius 1 is 0.943 bits per heavy atom. The van der Waals surface area contributed by atoms with Gasteiger partial charge in [0.1, 0.15) is 18.2 Å². The van der Waals surface area contributed by atoms with Crippen molar-refractivity contribution in [3.8, 4) is 11.5 Å². The molecule has 1 N–H and O–H groups in total. The summed E-state index contributed by atoms with van der Waals surface area (Å²) in [7, 11) is 0. The zero-order valence-corrected chi connectivity index (χ0v) is 19.2. The Morgan fingerprint density at radius 2 is 1.69 bits per heavy atom. The van der Waals surface area contributed by atoms with Crippen LogP contribution in [0, 0.1) is 5.82 Å². The van der Waals surface area contributed by atoms with Gasteiger partial charge in [-0.2, -0.15) is 0 Å². The fourth-order valence-electron chi connectivity index (χ4n) is 4.65. The van der Waals surface area contributed by atoms with E-state index in [2.05, 4.69) is 5.32 Å². The molecule has 7 nitrogen and oxygen atoms in total. The first kappa shape index (κ1) is 23.0. The van der Waals surface area contributed by atoms with Gasteiger partial charge in [0.05, 0.1) is 6.26 Å². The second-order valence-corrected chi connectivity index (χ2v) is 8.81. The van der Waals surface area contributed by atoms with Crippen LogP contribution < -0.4 is 19.7 Å². The molecule has 1 aliphatic heterocycles. The monoisotopic (exact) mass is 478 g/mol. The van der Waals surface area contributed by atoms with E-state index in [4.69, 9.17) is 13.9 Å².